The van der Waals surface area contributed by atoms with Crippen LogP contribution in [-0.2, 0) is 4.74 Å². The molecule has 2 aromatic rings. The fraction of sp³-hybridized carbons (Fsp3) is 0.450. The van der Waals surface area contributed by atoms with Crippen molar-refractivity contribution in [2.24, 2.45) is 0 Å². The Bertz CT molecular complexity index is 1040. The third-order valence-electron chi connectivity index (χ3n) is 5.39. The van der Waals surface area contributed by atoms with E-state index < -0.39 is 5.82 Å². The van der Waals surface area contributed by atoms with E-state index in [1.54, 1.807) is 7.11 Å². The molecule has 0 aliphatic carbocycles. The molecule has 0 amide bonds. The lowest BCUT2D eigenvalue weighted by Gasteiger charge is -2.30. The van der Waals surface area contributed by atoms with Gasteiger partial charge in [-0.2, -0.15) is 0 Å². The predicted molar refractivity (Wildman–Crippen MR) is 108 cm³/mol. The number of ether oxygens (including phenoxy) is 1. The number of aromatic nitrogens is 2. The average molecular weight is 407 g/mol. The van der Waals surface area contributed by atoms with Crippen LogP contribution in [0.25, 0.3) is 17.5 Å². The maximum absolute atomic E-state index is 13.4. The van der Waals surface area contributed by atoms with Crippen LogP contribution in [0.5, 0.6) is 0 Å². The van der Waals surface area contributed by atoms with Gasteiger partial charge in [0.05, 0.1) is 27.9 Å². The molecule has 0 unspecified atom stereocenters. The van der Waals surface area contributed by atoms with Crippen molar-refractivity contribution in [3.63, 3.8) is 0 Å². The summed E-state index contributed by atoms with van der Waals surface area (Å²) in [5.41, 5.74) is 1.28. The molecule has 8 heteroatoms. The Kier molecular flexibility index (Phi) is 5.57. The Morgan fingerprint density at radius 3 is 2.79 bits per heavy atom. The van der Waals surface area contributed by atoms with Crippen molar-refractivity contribution < 1.29 is 9.13 Å². The van der Waals surface area contributed by atoms with Crippen molar-refractivity contribution in [1.82, 2.24) is 19.6 Å². The van der Waals surface area contributed by atoms with Crippen molar-refractivity contribution in [1.29, 1.82) is 0 Å². The Morgan fingerprint density at radius 1 is 1.29 bits per heavy atom. The van der Waals surface area contributed by atoms with Gasteiger partial charge < -0.3 is 9.64 Å². The fourth-order valence-electron chi connectivity index (χ4n) is 3.94. The molecule has 150 valence electrons. The molecule has 6 nitrogen and oxygen atoms in total. The molecule has 0 radical (unpaired) electrons. The number of halogens is 2. The summed E-state index contributed by atoms with van der Waals surface area (Å²) in [6.07, 6.45) is 4.38. The summed E-state index contributed by atoms with van der Waals surface area (Å²) < 4.78 is 20.1. The molecule has 1 fully saturated rings. The molecule has 1 N–H and O–H groups in total. The standard InChI is InChI=1S/C20H24ClFN4O2/c1-28-11-10-25-9-6-16-19(18(25)13-24-7-2-3-8-24)20(27)26(23-16)17-5-4-14(22)12-15(17)21/h4-6,12,23H,2-3,7-11,13H2,1H3. The predicted octanol–water partition coefficient (Wildman–Crippen LogP) is 0.905. The van der Waals surface area contributed by atoms with E-state index in [4.69, 9.17) is 16.3 Å². The van der Waals surface area contributed by atoms with Gasteiger partial charge in [0.25, 0.3) is 5.56 Å². The summed E-state index contributed by atoms with van der Waals surface area (Å²) >= 11 is 6.20. The number of likely N-dealkylation sites (tertiary alicyclic amines) is 1. The van der Waals surface area contributed by atoms with Gasteiger partial charge in [-0.1, -0.05) is 11.6 Å². The third kappa shape index (κ3) is 3.62. The minimum Gasteiger partial charge on any atom is -0.383 e. The molecule has 2 aliphatic heterocycles. The van der Waals surface area contributed by atoms with Crippen molar-refractivity contribution in [3.05, 3.63) is 50.0 Å². The zero-order chi connectivity index (χ0) is 19.7. The molecule has 4 rings (SSSR count). The molecule has 2 aliphatic rings. The van der Waals surface area contributed by atoms with Crippen LogP contribution in [0.4, 0.5) is 4.39 Å². The van der Waals surface area contributed by atoms with E-state index >= 15 is 0 Å². The quantitative estimate of drug-likeness (QED) is 0.774. The van der Waals surface area contributed by atoms with Gasteiger partial charge in [-0.25, -0.2) is 9.07 Å². The van der Waals surface area contributed by atoms with E-state index in [0.29, 0.717) is 24.1 Å². The molecule has 0 saturated carbocycles. The summed E-state index contributed by atoms with van der Waals surface area (Å²) in [7, 11) is 1.68. The highest BCUT2D eigenvalue weighted by molar-refractivity contribution is 6.32. The number of nitrogens with one attached hydrogen (secondary N) is 1. The molecule has 1 aromatic carbocycles. The van der Waals surface area contributed by atoms with Gasteiger partial charge in [0.15, 0.2) is 0 Å². The molecule has 1 aromatic heterocycles. The van der Waals surface area contributed by atoms with Gasteiger partial charge >= 0.3 is 0 Å². The van der Waals surface area contributed by atoms with E-state index in [1.165, 1.54) is 35.7 Å². The van der Waals surface area contributed by atoms with E-state index in [0.717, 1.165) is 37.2 Å². The van der Waals surface area contributed by atoms with Crippen LogP contribution in [0.2, 0.25) is 5.02 Å². The molecular weight excluding hydrogens is 383 g/mol. The number of hydrogen-bond donors (Lipinski definition) is 1. The number of rotatable bonds is 6. The van der Waals surface area contributed by atoms with Crippen LogP contribution in [-0.4, -0.2) is 66.0 Å². The van der Waals surface area contributed by atoms with Crippen molar-refractivity contribution >= 4 is 23.4 Å². The second kappa shape index (κ2) is 8.11. The molecule has 0 bridgehead atoms. The van der Waals surface area contributed by atoms with Gasteiger partial charge in [0, 0.05) is 32.4 Å². The van der Waals surface area contributed by atoms with E-state index in [9.17, 15) is 9.18 Å². The van der Waals surface area contributed by atoms with Crippen molar-refractivity contribution in [2.75, 3.05) is 46.4 Å². The number of nitrogens with zero attached hydrogens (tertiary/aromatic N) is 3. The molecule has 1 saturated heterocycles. The number of hydrogen-bond acceptors (Lipinski definition) is 4. The van der Waals surface area contributed by atoms with Gasteiger partial charge in [0.2, 0.25) is 0 Å². The van der Waals surface area contributed by atoms with Crippen LogP contribution in [0.3, 0.4) is 0 Å². The average Bonchev–Trinajstić information content (AvgIpc) is 3.29. The molecule has 3 heterocycles. The van der Waals surface area contributed by atoms with E-state index in [2.05, 4.69) is 14.9 Å². The molecule has 0 atom stereocenters. The van der Waals surface area contributed by atoms with Gasteiger partial charge in [-0.15, -0.1) is 0 Å². The number of aromatic amines is 1. The highest BCUT2D eigenvalue weighted by Crippen LogP contribution is 2.19. The number of fused-ring (bicyclic) bond motifs is 1. The van der Waals surface area contributed by atoms with Crippen LogP contribution < -0.4 is 16.1 Å². The first-order chi connectivity index (χ1) is 13.6. The summed E-state index contributed by atoms with van der Waals surface area (Å²) in [5, 5.41) is 4.79. The Balaban J connectivity index is 1.85. The first kappa shape index (κ1) is 19.2. The zero-order valence-corrected chi connectivity index (χ0v) is 16.6. The molecular formula is C20H24ClFN4O2. The molecule has 0 spiro atoms. The lowest BCUT2D eigenvalue weighted by atomic mass is 10.2. The lowest BCUT2D eigenvalue weighted by Crippen LogP contribution is -2.49. The first-order valence-corrected chi connectivity index (χ1v) is 9.92. The van der Waals surface area contributed by atoms with Gasteiger partial charge in [0.1, 0.15) is 5.82 Å². The van der Waals surface area contributed by atoms with Crippen molar-refractivity contribution in [2.45, 2.75) is 12.8 Å². The largest absolute Gasteiger partial charge is 0.383 e. The summed E-state index contributed by atoms with van der Waals surface area (Å²) in [4.78, 5) is 17.9. The maximum Gasteiger partial charge on any atom is 0.280 e. The number of benzene rings is 1. The topological polar surface area (TPSA) is 53.5 Å². The highest BCUT2D eigenvalue weighted by Gasteiger charge is 2.23. The van der Waals surface area contributed by atoms with E-state index in [-0.39, 0.29) is 10.6 Å². The lowest BCUT2D eigenvalue weighted by molar-refractivity contribution is 0.174. The first-order valence-electron chi connectivity index (χ1n) is 9.54. The van der Waals surface area contributed by atoms with Crippen LogP contribution >= 0.6 is 11.6 Å². The van der Waals surface area contributed by atoms with Crippen LogP contribution in [0.15, 0.2) is 23.0 Å². The smallest absolute Gasteiger partial charge is 0.280 e. The Morgan fingerprint density at radius 2 is 2.07 bits per heavy atom. The summed E-state index contributed by atoms with van der Waals surface area (Å²) in [6.45, 7) is 4.84. The van der Waals surface area contributed by atoms with E-state index in [1.807, 2.05) is 6.08 Å². The Labute approximate surface area is 167 Å². The normalized spacial score (nSPS) is 17.1. The monoisotopic (exact) mass is 406 g/mol. The highest BCUT2D eigenvalue weighted by atomic mass is 35.5. The second-order valence-electron chi connectivity index (χ2n) is 7.21. The van der Waals surface area contributed by atoms with Gasteiger partial charge in [-0.05, 0) is 50.2 Å². The van der Waals surface area contributed by atoms with Gasteiger partial charge in [-0.3, -0.25) is 14.8 Å². The number of H-pyrrole nitrogens is 1. The third-order valence-corrected chi connectivity index (χ3v) is 5.70. The SMILES string of the molecule is COCCN1CC=c2[nH]n(-c3ccc(F)cc3Cl)c(=O)c2=C1CN1CCCC1. The Hall–Kier alpha value is -2.09. The minimum absolute atomic E-state index is 0.170. The van der Waals surface area contributed by atoms with Crippen LogP contribution in [0, 0.1) is 5.82 Å². The summed E-state index contributed by atoms with van der Waals surface area (Å²) in [5.74, 6) is -0.434. The van der Waals surface area contributed by atoms with Crippen molar-refractivity contribution in [3.8, 4) is 5.69 Å². The number of methoxy groups -OCH3 is 1. The molecule has 28 heavy (non-hydrogen) atoms. The minimum atomic E-state index is -0.434. The summed E-state index contributed by atoms with van der Waals surface area (Å²) in [6, 6.07) is 4.04. The van der Waals surface area contributed by atoms with Crippen LogP contribution in [0.1, 0.15) is 12.8 Å². The second-order valence-corrected chi connectivity index (χ2v) is 7.62. The fourth-order valence-corrected chi connectivity index (χ4v) is 4.19. The maximum atomic E-state index is 13.4. The zero-order valence-electron chi connectivity index (χ0n) is 15.9.